The van der Waals surface area contributed by atoms with E-state index < -0.39 is 0 Å². The summed E-state index contributed by atoms with van der Waals surface area (Å²) in [5.41, 5.74) is 8.61. The molecule has 0 aliphatic rings. The number of nitrogens with two attached hydrogens (primary N) is 1. The topological polar surface area (TPSA) is 61.0 Å². The maximum atomic E-state index is 5.84. The Morgan fingerprint density at radius 2 is 1.71 bits per heavy atom. The van der Waals surface area contributed by atoms with Crippen LogP contribution in [-0.4, -0.2) is 17.1 Å². The van der Waals surface area contributed by atoms with Gasteiger partial charge in [-0.05, 0) is 38.1 Å². The number of aromatic nitrogens is 2. The van der Waals surface area contributed by atoms with Crippen molar-refractivity contribution in [1.29, 1.82) is 0 Å². The van der Waals surface area contributed by atoms with Gasteiger partial charge < -0.3 is 10.5 Å². The maximum absolute atomic E-state index is 5.84. The lowest BCUT2D eigenvalue weighted by atomic mass is 10.2. The predicted molar refractivity (Wildman–Crippen MR) is 67.9 cm³/mol. The molecule has 4 nitrogen and oxygen atoms in total. The molecule has 1 aromatic heterocycles. The van der Waals surface area contributed by atoms with Crippen LogP contribution < -0.4 is 10.5 Å². The molecule has 0 amide bonds. The summed E-state index contributed by atoms with van der Waals surface area (Å²) in [5.74, 6) is 1.99. The number of hydrogen-bond donors (Lipinski definition) is 1. The third-order valence-electron chi connectivity index (χ3n) is 2.78. The number of nitrogen functional groups attached to an aromatic ring is 1. The Morgan fingerprint density at radius 1 is 1.06 bits per heavy atom. The lowest BCUT2D eigenvalue weighted by molar-refractivity contribution is 0.415. The number of anilines is 1. The molecule has 17 heavy (non-hydrogen) atoms. The Labute approximate surface area is 100 Å². The second-order valence-electron chi connectivity index (χ2n) is 3.87. The Hall–Kier alpha value is -2.10. The van der Waals surface area contributed by atoms with Gasteiger partial charge in [0.25, 0.3) is 0 Å². The van der Waals surface area contributed by atoms with Gasteiger partial charge in [0.2, 0.25) is 0 Å². The summed E-state index contributed by atoms with van der Waals surface area (Å²) in [6.07, 6.45) is 0. The fourth-order valence-electron chi connectivity index (χ4n) is 1.52. The molecule has 0 unspecified atom stereocenters. The zero-order valence-electron chi connectivity index (χ0n) is 10.2. The molecule has 88 valence electrons. The van der Waals surface area contributed by atoms with Crippen molar-refractivity contribution in [2.24, 2.45) is 0 Å². The van der Waals surface area contributed by atoms with Crippen LogP contribution in [0, 0.1) is 13.8 Å². The van der Waals surface area contributed by atoms with Crippen molar-refractivity contribution in [1.82, 2.24) is 9.97 Å². The van der Waals surface area contributed by atoms with Crippen molar-refractivity contribution < 1.29 is 4.74 Å². The van der Waals surface area contributed by atoms with Gasteiger partial charge in [0, 0.05) is 16.8 Å². The quantitative estimate of drug-likeness (QED) is 0.858. The average molecular weight is 229 g/mol. The van der Waals surface area contributed by atoms with Crippen molar-refractivity contribution in [2.75, 3.05) is 12.8 Å². The SMILES string of the molecule is COc1ccc(-c2nc(C)c(C)c(N)n2)cc1. The highest BCUT2D eigenvalue weighted by atomic mass is 16.5. The van der Waals surface area contributed by atoms with Crippen LogP contribution >= 0.6 is 0 Å². The molecule has 4 heteroatoms. The summed E-state index contributed by atoms with van der Waals surface area (Å²) in [4.78, 5) is 8.71. The van der Waals surface area contributed by atoms with Gasteiger partial charge in [-0.3, -0.25) is 0 Å². The fourth-order valence-corrected chi connectivity index (χ4v) is 1.52. The van der Waals surface area contributed by atoms with Crippen LogP contribution in [0.4, 0.5) is 5.82 Å². The van der Waals surface area contributed by atoms with Crippen molar-refractivity contribution in [2.45, 2.75) is 13.8 Å². The van der Waals surface area contributed by atoms with Crippen LogP contribution in [0.25, 0.3) is 11.4 Å². The molecule has 0 aliphatic carbocycles. The van der Waals surface area contributed by atoms with Crippen LogP contribution in [0.3, 0.4) is 0 Å². The van der Waals surface area contributed by atoms with Gasteiger partial charge in [0.05, 0.1) is 7.11 Å². The lowest BCUT2D eigenvalue weighted by Crippen LogP contribution is -2.02. The molecular weight excluding hydrogens is 214 g/mol. The van der Waals surface area contributed by atoms with E-state index >= 15 is 0 Å². The first-order valence-corrected chi connectivity index (χ1v) is 5.37. The van der Waals surface area contributed by atoms with E-state index in [1.54, 1.807) is 7.11 Å². The summed E-state index contributed by atoms with van der Waals surface area (Å²) in [7, 11) is 1.64. The van der Waals surface area contributed by atoms with Gasteiger partial charge in [-0.25, -0.2) is 9.97 Å². The normalized spacial score (nSPS) is 10.3. The van der Waals surface area contributed by atoms with Gasteiger partial charge >= 0.3 is 0 Å². The summed E-state index contributed by atoms with van der Waals surface area (Å²) in [6.45, 7) is 3.85. The lowest BCUT2D eigenvalue weighted by Gasteiger charge is -2.07. The molecule has 0 aliphatic heterocycles. The minimum Gasteiger partial charge on any atom is -0.497 e. The van der Waals surface area contributed by atoms with E-state index in [1.807, 2.05) is 38.1 Å². The molecule has 0 radical (unpaired) electrons. The summed E-state index contributed by atoms with van der Waals surface area (Å²) in [5, 5.41) is 0. The molecule has 1 heterocycles. The molecule has 0 bridgehead atoms. The molecule has 2 N–H and O–H groups in total. The molecular formula is C13H15N3O. The number of aryl methyl sites for hydroxylation is 1. The highest BCUT2D eigenvalue weighted by Gasteiger charge is 2.07. The van der Waals surface area contributed by atoms with Crippen molar-refractivity contribution in [3.63, 3.8) is 0 Å². The van der Waals surface area contributed by atoms with E-state index in [0.717, 1.165) is 22.6 Å². The average Bonchev–Trinajstić information content (AvgIpc) is 2.35. The maximum Gasteiger partial charge on any atom is 0.161 e. The Bertz CT molecular complexity index is 512. The molecule has 0 saturated heterocycles. The highest BCUT2D eigenvalue weighted by Crippen LogP contribution is 2.22. The molecule has 1 aromatic carbocycles. The Kier molecular flexibility index (Phi) is 2.95. The number of hydrogen-bond acceptors (Lipinski definition) is 4. The van der Waals surface area contributed by atoms with Crippen LogP contribution in [0.5, 0.6) is 5.75 Å². The summed E-state index contributed by atoms with van der Waals surface area (Å²) >= 11 is 0. The summed E-state index contributed by atoms with van der Waals surface area (Å²) in [6, 6.07) is 7.60. The van der Waals surface area contributed by atoms with Crippen LogP contribution in [0.1, 0.15) is 11.3 Å². The van der Waals surface area contributed by atoms with E-state index in [9.17, 15) is 0 Å². The number of benzene rings is 1. The van der Waals surface area contributed by atoms with Gasteiger partial charge in [-0.2, -0.15) is 0 Å². The van der Waals surface area contributed by atoms with Crippen LogP contribution in [0.2, 0.25) is 0 Å². The minimum absolute atomic E-state index is 0.531. The van der Waals surface area contributed by atoms with E-state index in [4.69, 9.17) is 10.5 Å². The van der Waals surface area contributed by atoms with Gasteiger partial charge in [-0.15, -0.1) is 0 Å². The minimum atomic E-state index is 0.531. The zero-order valence-corrected chi connectivity index (χ0v) is 10.2. The number of methoxy groups -OCH3 is 1. The largest absolute Gasteiger partial charge is 0.497 e. The van der Waals surface area contributed by atoms with E-state index in [1.165, 1.54) is 0 Å². The molecule has 2 aromatic rings. The first kappa shape index (κ1) is 11.4. The van der Waals surface area contributed by atoms with Gasteiger partial charge in [-0.1, -0.05) is 0 Å². The standard InChI is InChI=1S/C13H15N3O/c1-8-9(2)15-13(16-12(8)14)10-4-6-11(17-3)7-5-10/h4-7H,1-3H3,(H2,14,15,16). The van der Waals surface area contributed by atoms with Gasteiger partial charge in [0.1, 0.15) is 11.6 Å². The predicted octanol–water partition coefficient (Wildman–Crippen LogP) is 2.35. The Morgan fingerprint density at radius 3 is 2.24 bits per heavy atom. The van der Waals surface area contributed by atoms with E-state index in [-0.39, 0.29) is 0 Å². The molecule has 0 fully saturated rings. The molecule has 0 atom stereocenters. The third kappa shape index (κ3) is 2.20. The Balaban J connectivity index is 2.45. The number of ether oxygens (including phenoxy) is 1. The third-order valence-corrected chi connectivity index (χ3v) is 2.78. The van der Waals surface area contributed by atoms with E-state index in [0.29, 0.717) is 11.6 Å². The second kappa shape index (κ2) is 4.41. The van der Waals surface area contributed by atoms with Gasteiger partial charge in [0.15, 0.2) is 5.82 Å². The number of nitrogens with zero attached hydrogens (tertiary/aromatic N) is 2. The zero-order chi connectivity index (χ0) is 12.4. The summed E-state index contributed by atoms with van der Waals surface area (Å²) < 4.78 is 5.11. The number of rotatable bonds is 2. The van der Waals surface area contributed by atoms with Crippen LogP contribution in [-0.2, 0) is 0 Å². The second-order valence-corrected chi connectivity index (χ2v) is 3.87. The smallest absolute Gasteiger partial charge is 0.161 e. The molecule has 0 saturated carbocycles. The highest BCUT2D eigenvalue weighted by molar-refractivity contribution is 5.59. The first-order valence-electron chi connectivity index (χ1n) is 5.37. The van der Waals surface area contributed by atoms with Crippen molar-refractivity contribution >= 4 is 5.82 Å². The first-order chi connectivity index (χ1) is 8.11. The van der Waals surface area contributed by atoms with Crippen molar-refractivity contribution in [3.8, 4) is 17.1 Å². The van der Waals surface area contributed by atoms with Crippen molar-refractivity contribution in [3.05, 3.63) is 35.5 Å². The fraction of sp³-hybridized carbons (Fsp3) is 0.231. The molecule has 0 spiro atoms. The monoisotopic (exact) mass is 229 g/mol. The van der Waals surface area contributed by atoms with Crippen LogP contribution in [0.15, 0.2) is 24.3 Å². The van der Waals surface area contributed by atoms with E-state index in [2.05, 4.69) is 9.97 Å². The molecule has 2 rings (SSSR count).